The highest BCUT2D eigenvalue weighted by atomic mass is 35.5. The lowest BCUT2D eigenvalue weighted by Crippen LogP contribution is -2.36. The van der Waals surface area contributed by atoms with Crippen molar-refractivity contribution in [2.45, 2.75) is 18.9 Å². The largest absolute Gasteiger partial charge is 0.313 e. The van der Waals surface area contributed by atoms with E-state index in [1.54, 1.807) is 0 Å². The molecule has 5 heteroatoms. The average molecular weight is 261 g/mol. The second-order valence-electron chi connectivity index (χ2n) is 3.82. The standard InChI is InChI=1S/C11H16N2OS.ClH/c14-10(11-4-2-6-15-11)8-12-7-9-3-1-5-13-9;/h2,4,6,9,12-13H,1,3,5,7-8H2;1H. The van der Waals surface area contributed by atoms with Crippen LogP contribution in [0, 0.1) is 0 Å². The Bertz CT molecular complexity index is 310. The van der Waals surface area contributed by atoms with Crippen LogP contribution in [0.4, 0.5) is 0 Å². The topological polar surface area (TPSA) is 41.1 Å². The van der Waals surface area contributed by atoms with E-state index in [9.17, 15) is 4.79 Å². The zero-order chi connectivity index (χ0) is 10.5. The summed E-state index contributed by atoms with van der Waals surface area (Å²) >= 11 is 1.51. The SMILES string of the molecule is Cl.O=C(CNCC1CCCN1)c1cccs1. The lowest BCUT2D eigenvalue weighted by molar-refractivity contribution is 0.0994. The van der Waals surface area contributed by atoms with E-state index in [2.05, 4.69) is 10.6 Å². The van der Waals surface area contributed by atoms with Gasteiger partial charge >= 0.3 is 0 Å². The van der Waals surface area contributed by atoms with Crippen LogP contribution in [0.15, 0.2) is 17.5 Å². The first kappa shape index (κ1) is 13.6. The smallest absolute Gasteiger partial charge is 0.186 e. The summed E-state index contributed by atoms with van der Waals surface area (Å²) in [5, 5.41) is 8.54. The van der Waals surface area contributed by atoms with Crippen LogP contribution in [-0.4, -0.2) is 31.5 Å². The highest BCUT2D eigenvalue weighted by Crippen LogP contribution is 2.08. The van der Waals surface area contributed by atoms with E-state index in [1.165, 1.54) is 24.2 Å². The molecule has 1 aromatic heterocycles. The van der Waals surface area contributed by atoms with E-state index >= 15 is 0 Å². The fraction of sp³-hybridized carbons (Fsp3) is 0.545. The average Bonchev–Trinajstić information content (AvgIpc) is 2.90. The Balaban J connectivity index is 0.00000128. The van der Waals surface area contributed by atoms with Crippen LogP contribution in [0.5, 0.6) is 0 Å². The maximum Gasteiger partial charge on any atom is 0.186 e. The molecule has 1 aromatic rings. The first-order valence-electron chi connectivity index (χ1n) is 5.37. The van der Waals surface area contributed by atoms with Gasteiger partial charge in [0, 0.05) is 12.6 Å². The molecule has 1 atom stereocenters. The number of Topliss-reactive ketones (excluding diaryl/α,β-unsaturated/α-hetero) is 1. The molecule has 90 valence electrons. The molecule has 0 saturated carbocycles. The first-order chi connectivity index (χ1) is 7.36. The van der Waals surface area contributed by atoms with Gasteiger partial charge in [-0.25, -0.2) is 0 Å². The number of nitrogens with one attached hydrogen (secondary N) is 2. The number of hydrogen-bond donors (Lipinski definition) is 2. The lowest BCUT2D eigenvalue weighted by atomic mass is 10.2. The van der Waals surface area contributed by atoms with Crippen molar-refractivity contribution in [3.63, 3.8) is 0 Å². The summed E-state index contributed by atoms with van der Waals surface area (Å²) in [5.74, 6) is 0.197. The zero-order valence-electron chi connectivity index (χ0n) is 9.07. The van der Waals surface area contributed by atoms with Gasteiger partial charge in [-0.2, -0.15) is 0 Å². The van der Waals surface area contributed by atoms with Gasteiger partial charge in [-0.1, -0.05) is 6.07 Å². The minimum atomic E-state index is 0. The van der Waals surface area contributed by atoms with E-state index in [1.807, 2.05) is 17.5 Å². The summed E-state index contributed by atoms with van der Waals surface area (Å²) in [6.07, 6.45) is 2.48. The van der Waals surface area contributed by atoms with E-state index in [-0.39, 0.29) is 18.2 Å². The van der Waals surface area contributed by atoms with Crippen LogP contribution in [0.2, 0.25) is 0 Å². The van der Waals surface area contributed by atoms with Crippen LogP contribution in [0.25, 0.3) is 0 Å². The van der Waals surface area contributed by atoms with Gasteiger partial charge in [0.15, 0.2) is 5.78 Å². The zero-order valence-corrected chi connectivity index (χ0v) is 10.7. The summed E-state index contributed by atoms with van der Waals surface area (Å²) in [4.78, 5) is 12.5. The molecular formula is C11H17ClN2OS. The second kappa shape index (κ2) is 7.01. The molecular weight excluding hydrogens is 244 g/mol. The molecule has 0 radical (unpaired) electrons. The first-order valence-corrected chi connectivity index (χ1v) is 6.25. The van der Waals surface area contributed by atoms with Gasteiger partial charge in [0.1, 0.15) is 0 Å². The number of ketones is 1. The fourth-order valence-electron chi connectivity index (χ4n) is 1.82. The number of rotatable bonds is 5. The maximum absolute atomic E-state index is 11.6. The lowest BCUT2D eigenvalue weighted by Gasteiger charge is -2.10. The van der Waals surface area contributed by atoms with Crippen molar-refractivity contribution in [2.24, 2.45) is 0 Å². The molecule has 1 unspecified atom stereocenters. The third kappa shape index (κ3) is 3.87. The molecule has 1 fully saturated rings. The molecule has 2 rings (SSSR count). The molecule has 1 aliphatic heterocycles. The maximum atomic E-state index is 11.6. The van der Waals surface area contributed by atoms with Gasteiger partial charge in [-0.05, 0) is 30.8 Å². The summed E-state index contributed by atoms with van der Waals surface area (Å²) in [5.41, 5.74) is 0. The molecule has 0 aliphatic carbocycles. The number of halogens is 1. The van der Waals surface area contributed by atoms with E-state index < -0.39 is 0 Å². The van der Waals surface area contributed by atoms with E-state index in [4.69, 9.17) is 0 Å². The van der Waals surface area contributed by atoms with Crippen molar-refractivity contribution in [3.8, 4) is 0 Å². The number of thiophene rings is 1. The Kier molecular flexibility index (Phi) is 5.98. The number of hydrogen-bond acceptors (Lipinski definition) is 4. The predicted octanol–water partition coefficient (Wildman–Crippen LogP) is 1.69. The van der Waals surface area contributed by atoms with Crippen molar-refractivity contribution in [3.05, 3.63) is 22.4 Å². The summed E-state index contributed by atoms with van der Waals surface area (Å²) < 4.78 is 0. The second-order valence-corrected chi connectivity index (χ2v) is 4.77. The van der Waals surface area contributed by atoms with Gasteiger partial charge < -0.3 is 10.6 Å². The summed E-state index contributed by atoms with van der Waals surface area (Å²) in [7, 11) is 0. The minimum absolute atomic E-state index is 0. The summed E-state index contributed by atoms with van der Waals surface area (Å²) in [6.45, 7) is 2.47. The van der Waals surface area contributed by atoms with Crippen LogP contribution in [-0.2, 0) is 0 Å². The molecule has 2 N–H and O–H groups in total. The molecule has 0 amide bonds. The van der Waals surface area contributed by atoms with E-state index in [0.717, 1.165) is 18.0 Å². The van der Waals surface area contributed by atoms with Gasteiger partial charge in [0.2, 0.25) is 0 Å². The highest BCUT2D eigenvalue weighted by Gasteiger charge is 2.14. The van der Waals surface area contributed by atoms with Gasteiger partial charge in [0.05, 0.1) is 11.4 Å². The normalized spacial score (nSPS) is 19.4. The van der Waals surface area contributed by atoms with Gasteiger partial charge in [0.25, 0.3) is 0 Å². The number of carbonyl (C=O) groups is 1. The third-order valence-corrected chi connectivity index (χ3v) is 3.55. The van der Waals surface area contributed by atoms with Crippen molar-refractivity contribution in [1.29, 1.82) is 0 Å². The Morgan fingerprint density at radius 1 is 1.62 bits per heavy atom. The van der Waals surface area contributed by atoms with Gasteiger partial charge in [-0.15, -0.1) is 23.7 Å². The van der Waals surface area contributed by atoms with Crippen molar-refractivity contribution in [1.82, 2.24) is 10.6 Å². The molecule has 0 spiro atoms. The number of carbonyl (C=O) groups excluding carboxylic acids is 1. The third-order valence-electron chi connectivity index (χ3n) is 2.63. The molecule has 0 bridgehead atoms. The van der Waals surface area contributed by atoms with Crippen molar-refractivity contribution in [2.75, 3.05) is 19.6 Å². The van der Waals surface area contributed by atoms with Crippen LogP contribution in [0.1, 0.15) is 22.5 Å². The Hall–Kier alpha value is -0.420. The van der Waals surface area contributed by atoms with Crippen LogP contribution in [0.3, 0.4) is 0 Å². The van der Waals surface area contributed by atoms with E-state index in [0.29, 0.717) is 12.6 Å². The molecule has 2 heterocycles. The van der Waals surface area contributed by atoms with Crippen LogP contribution < -0.4 is 10.6 Å². The fourth-order valence-corrected chi connectivity index (χ4v) is 2.48. The Labute approximate surface area is 106 Å². The van der Waals surface area contributed by atoms with Crippen LogP contribution >= 0.6 is 23.7 Å². The molecule has 3 nitrogen and oxygen atoms in total. The molecule has 0 aromatic carbocycles. The quantitative estimate of drug-likeness (QED) is 0.792. The molecule has 1 aliphatic rings. The van der Waals surface area contributed by atoms with Gasteiger partial charge in [-0.3, -0.25) is 4.79 Å². The Morgan fingerprint density at radius 2 is 2.50 bits per heavy atom. The molecule has 16 heavy (non-hydrogen) atoms. The molecule has 1 saturated heterocycles. The summed E-state index contributed by atoms with van der Waals surface area (Å²) in [6, 6.07) is 4.35. The van der Waals surface area contributed by atoms with Crippen molar-refractivity contribution >= 4 is 29.5 Å². The monoisotopic (exact) mass is 260 g/mol. The predicted molar refractivity (Wildman–Crippen MR) is 69.8 cm³/mol. The minimum Gasteiger partial charge on any atom is -0.313 e. The van der Waals surface area contributed by atoms with Crippen molar-refractivity contribution < 1.29 is 4.79 Å². The Morgan fingerprint density at radius 3 is 3.12 bits per heavy atom. The highest BCUT2D eigenvalue weighted by molar-refractivity contribution is 7.12.